The highest BCUT2D eigenvalue weighted by Crippen LogP contribution is 2.45. The Bertz CT molecular complexity index is 1090. The molecule has 0 unspecified atom stereocenters. The molecule has 0 spiro atoms. The van der Waals surface area contributed by atoms with E-state index in [1.807, 2.05) is 50.3 Å². The summed E-state index contributed by atoms with van der Waals surface area (Å²) in [6.45, 7) is 3.68. The molecule has 2 aromatic rings. The predicted octanol–water partition coefficient (Wildman–Crippen LogP) is 0.677. The zero-order chi connectivity index (χ0) is 24.4. The van der Waals surface area contributed by atoms with Crippen LogP contribution in [0.2, 0.25) is 0 Å². The number of amides is 3. The quantitative estimate of drug-likeness (QED) is 0.489. The van der Waals surface area contributed by atoms with Crippen LogP contribution in [0.1, 0.15) is 26.7 Å². The Labute approximate surface area is 198 Å². The van der Waals surface area contributed by atoms with Crippen molar-refractivity contribution in [3.63, 3.8) is 0 Å². The molecule has 1 fully saturated rings. The summed E-state index contributed by atoms with van der Waals surface area (Å²) in [5.74, 6) is -2.58. The maximum atomic E-state index is 13.7. The van der Waals surface area contributed by atoms with Crippen LogP contribution >= 0.6 is 0 Å². The summed E-state index contributed by atoms with van der Waals surface area (Å²) < 4.78 is 1.59. The fraction of sp³-hybridized carbons (Fsp3) is 0.542. The van der Waals surface area contributed by atoms with Gasteiger partial charge in [0.15, 0.2) is 0 Å². The average molecular weight is 469 g/mol. The normalized spacial score (nSPS) is 27.0. The number of para-hydroxylation sites is 1. The van der Waals surface area contributed by atoms with Gasteiger partial charge in [-0.1, -0.05) is 43.3 Å². The number of hydrogen-bond acceptors (Lipinski definition) is 6. The topological polar surface area (TPSA) is 129 Å². The molecule has 10 heteroatoms. The number of aromatic nitrogens is 3. The minimum Gasteiger partial charge on any atom is -0.394 e. The van der Waals surface area contributed by atoms with Crippen LogP contribution in [0.3, 0.4) is 0 Å². The van der Waals surface area contributed by atoms with Crippen molar-refractivity contribution in [3.05, 3.63) is 36.4 Å². The third-order valence-corrected chi connectivity index (χ3v) is 7.24. The number of benzene rings is 1. The zero-order valence-electron chi connectivity index (χ0n) is 19.7. The average Bonchev–Trinajstić information content (AvgIpc) is 3.41. The van der Waals surface area contributed by atoms with E-state index in [4.69, 9.17) is 0 Å². The highest BCUT2D eigenvalue weighted by molar-refractivity contribution is 5.97. The third kappa shape index (κ3) is 3.96. The van der Waals surface area contributed by atoms with Gasteiger partial charge < -0.3 is 20.6 Å². The lowest BCUT2D eigenvalue weighted by Gasteiger charge is -2.34. The van der Waals surface area contributed by atoms with E-state index in [0.717, 1.165) is 11.0 Å². The lowest BCUT2D eigenvalue weighted by molar-refractivity contribution is -0.143. The first kappa shape index (κ1) is 23.9. The summed E-state index contributed by atoms with van der Waals surface area (Å²) in [5, 5.41) is 23.8. The molecule has 1 aromatic heterocycles. The Balaban J connectivity index is 1.65. The van der Waals surface area contributed by atoms with Crippen LogP contribution in [0.4, 0.5) is 0 Å². The minimum absolute atomic E-state index is 0.0886. The van der Waals surface area contributed by atoms with E-state index in [-0.39, 0.29) is 36.9 Å². The molecule has 1 aliphatic heterocycles. The van der Waals surface area contributed by atoms with Gasteiger partial charge in [0.25, 0.3) is 0 Å². The van der Waals surface area contributed by atoms with Crippen molar-refractivity contribution in [2.75, 3.05) is 13.7 Å². The van der Waals surface area contributed by atoms with Crippen molar-refractivity contribution >= 4 is 28.8 Å². The molecule has 3 amide bonds. The fourth-order valence-corrected chi connectivity index (χ4v) is 5.46. The first-order valence-corrected chi connectivity index (χ1v) is 11.9. The van der Waals surface area contributed by atoms with Crippen molar-refractivity contribution < 1.29 is 19.5 Å². The molecule has 2 aliphatic rings. The van der Waals surface area contributed by atoms with Gasteiger partial charge in [-0.15, -0.1) is 5.10 Å². The van der Waals surface area contributed by atoms with Crippen molar-refractivity contribution in [3.8, 4) is 0 Å². The molecule has 0 radical (unpaired) electrons. The molecule has 182 valence electrons. The molecular weight excluding hydrogens is 436 g/mol. The number of aliphatic hydroxyl groups is 1. The van der Waals surface area contributed by atoms with Crippen molar-refractivity contribution in [1.82, 2.24) is 30.5 Å². The summed E-state index contributed by atoms with van der Waals surface area (Å²) in [6, 6.07) is 6.10. The predicted molar refractivity (Wildman–Crippen MR) is 125 cm³/mol. The number of hydrogen-bond donors (Lipinski definition) is 3. The number of nitrogens with one attached hydrogen (secondary N) is 2. The molecule has 3 N–H and O–H groups in total. The van der Waals surface area contributed by atoms with Gasteiger partial charge in [-0.2, -0.15) is 0 Å². The van der Waals surface area contributed by atoms with Crippen LogP contribution in [-0.4, -0.2) is 68.5 Å². The SMILES string of the molecule is CC[C@@H](CO)N1C(=O)[C@@H]2[C@H](C=C[C@@H](CC)[C@H]2C(=O)NC)[C@H]1C(=O)NCn1nnc2ccccc21. The number of nitrogens with zero attached hydrogens (tertiary/aromatic N) is 4. The van der Waals surface area contributed by atoms with Gasteiger partial charge in [0, 0.05) is 13.0 Å². The van der Waals surface area contributed by atoms with E-state index in [0.29, 0.717) is 12.8 Å². The van der Waals surface area contributed by atoms with Crippen molar-refractivity contribution in [1.29, 1.82) is 0 Å². The number of aliphatic hydroxyl groups excluding tert-OH is 1. The zero-order valence-corrected chi connectivity index (χ0v) is 19.7. The molecule has 0 bridgehead atoms. The van der Waals surface area contributed by atoms with Crippen LogP contribution in [-0.2, 0) is 21.1 Å². The van der Waals surface area contributed by atoms with Crippen LogP contribution in [0.25, 0.3) is 11.0 Å². The second kappa shape index (κ2) is 9.92. The molecule has 0 saturated carbocycles. The summed E-state index contributed by atoms with van der Waals surface area (Å²) in [4.78, 5) is 41.6. The first-order chi connectivity index (χ1) is 16.5. The number of allylic oxidation sites excluding steroid dienone is 1. The van der Waals surface area contributed by atoms with Gasteiger partial charge >= 0.3 is 0 Å². The molecule has 1 saturated heterocycles. The third-order valence-electron chi connectivity index (χ3n) is 7.24. The Morgan fingerprint density at radius 3 is 2.62 bits per heavy atom. The summed E-state index contributed by atoms with van der Waals surface area (Å²) in [5.41, 5.74) is 1.50. The number of rotatable bonds is 8. The smallest absolute Gasteiger partial charge is 0.244 e. The van der Waals surface area contributed by atoms with E-state index in [2.05, 4.69) is 20.9 Å². The van der Waals surface area contributed by atoms with E-state index >= 15 is 0 Å². The van der Waals surface area contributed by atoms with Gasteiger partial charge in [0.2, 0.25) is 17.7 Å². The maximum Gasteiger partial charge on any atom is 0.244 e. The lowest BCUT2D eigenvalue weighted by Crippen LogP contribution is -2.52. The number of carbonyl (C=O) groups excluding carboxylic acids is 3. The molecule has 4 rings (SSSR count). The number of carbonyl (C=O) groups is 3. The molecule has 1 aliphatic carbocycles. The molecule has 2 heterocycles. The van der Waals surface area contributed by atoms with E-state index in [1.165, 1.54) is 4.90 Å². The van der Waals surface area contributed by atoms with Gasteiger partial charge in [-0.3, -0.25) is 14.4 Å². The largest absolute Gasteiger partial charge is 0.394 e. The second-order valence-electron chi connectivity index (χ2n) is 8.91. The molecular formula is C24H32N6O4. The van der Waals surface area contributed by atoms with Crippen molar-refractivity contribution in [2.24, 2.45) is 23.7 Å². The highest BCUT2D eigenvalue weighted by atomic mass is 16.3. The molecule has 10 nitrogen and oxygen atoms in total. The lowest BCUT2D eigenvalue weighted by atomic mass is 9.69. The summed E-state index contributed by atoms with van der Waals surface area (Å²) in [7, 11) is 1.56. The standard InChI is InChI=1S/C24H32N6O4/c1-4-14-10-11-16-20(19(14)22(32)25-3)24(34)30(15(5-2)12-31)21(16)23(33)26-13-29-18-9-7-6-8-17(18)27-28-29/h6-11,14-16,19-21,31H,4-5,12-13H2,1-3H3,(H,25,32)(H,26,33)/t14-,15+,16+,19-,20-,21+/m1/s1. The summed E-state index contributed by atoms with van der Waals surface area (Å²) >= 11 is 0. The van der Waals surface area contributed by atoms with Gasteiger partial charge in [0.05, 0.1) is 30.0 Å². The Morgan fingerprint density at radius 1 is 1.18 bits per heavy atom. The second-order valence-corrected chi connectivity index (χ2v) is 8.91. The number of fused-ring (bicyclic) bond motifs is 2. The van der Waals surface area contributed by atoms with Crippen molar-refractivity contribution in [2.45, 2.75) is 45.4 Å². The van der Waals surface area contributed by atoms with E-state index in [9.17, 15) is 19.5 Å². The van der Waals surface area contributed by atoms with E-state index in [1.54, 1.807) is 11.7 Å². The van der Waals surface area contributed by atoms with Crippen LogP contribution in [0, 0.1) is 23.7 Å². The maximum absolute atomic E-state index is 13.7. The van der Waals surface area contributed by atoms with Gasteiger partial charge in [0.1, 0.15) is 18.2 Å². The van der Waals surface area contributed by atoms with Gasteiger partial charge in [-0.25, -0.2) is 4.68 Å². The summed E-state index contributed by atoms with van der Waals surface area (Å²) in [6.07, 6.45) is 5.07. The van der Waals surface area contributed by atoms with Gasteiger partial charge in [-0.05, 0) is 30.9 Å². The van der Waals surface area contributed by atoms with Crippen LogP contribution in [0.15, 0.2) is 36.4 Å². The Morgan fingerprint density at radius 2 is 1.94 bits per heavy atom. The highest BCUT2D eigenvalue weighted by Gasteiger charge is 2.58. The van der Waals surface area contributed by atoms with E-state index < -0.39 is 29.8 Å². The fourth-order valence-electron chi connectivity index (χ4n) is 5.46. The molecule has 34 heavy (non-hydrogen) atoms. The minimum atomic E-state index is -0.828. The molecule has 6 atom stereocenters. The monoisotopic (exact) mass is 468 g/mol. The molecule has 1 aromatic carbocycles. The Hall–Kier alpha value is -3.27. The van der Waals surface area contributed by atoms with Crippen LogP contribution < -0.4 is 10.6 Å². The first-order valence-electron chi connectivity index (χ1n) is 11.9. The number of likely N-dealkylation sites (tertiary alicyclic amines) is 1. The van der Waals surface area contributed by atoms with Crippen LogP contribution in [0.5, 0.6) is 0 Å². The Kier molecular flexibility index (Phi) is 6.97.